The molecule has 2 aliphatic heterocycles. The van der Waals surface area contributed by atoms with E-state index in [1.807, 2.05) is 18.7 Å². The number of nitrogens with one attached hydrogen (secondary N) is 1. The van der Waals surface area contributed by atoms with Gasteiger partial charge in [-0.3, -0.25) is 4.79 Å². The van der Waals surface area contributed by atoms with Gasteiger partial charge in [0.05, 0.1) is 11.4 Å². The van der Waals surface area contributed by atoms with Crippen LogP contribution in [-0.2, 0) is 11.2 Å². The highest BCUT2D eigenvalue weighted by molar-refractivity contribution is 5.74. The van der Waals surface area contributed by atoms with Gasteiger partial charge in [0.1, 0.15) is 11.9 Å². The molecule has 2 aromatic heterocycles. The molecule has 10 nitrogen and oxygen atoms in total. The predicted molar refractivity (Wildman–Crippen MR) is 155 cm³/mol. The van der Waals surface area contributed by atoms with E-state index in [0.717, 1.165) is 18.4 Å². The van der Waals surface area contributed by atoms with E-state index in [-0.39, 0.29) is 34.5 Å². The van der Waals surface area contributed by atoms with Gasteiger partial charge in [-0.05, 0) is 68.2 Å². The molecule has 2 saturated heterocycles. The van der Waals surface area contributed by atoms with Gasteiger partial charge in [-0.15, -0.1) is 0 Å². The number of nitrogens with zero attached hydrogens (tertiary/aromatic N) is 5. The number of nitrogen functional groups attached to an aromatic ring is 1. The molecule has 0 radical (unpaired) electrons. The van der Waals surface area contributed by atoms with Crippen LogP contribution in [0, 0.1) is 12.3 Å². The van der Waals surface area contributed by atoms with Gasteiger partial charge in [0, 0.05) is 37.0 Å². The Balaban J connectivity index is 1.43. The average molecular weight is 602 g/mol. The summed E-state index contributed by atoms with van der Waals surface area (Å²) in [6.07, 6.45) is -1.34. The largest absolute Gasteiger partial charge is 0.480 e. The second-order valence-electron chi connectivity index (χ2n) is 11.6. The smallest absolute Gasteiger partial charge is 0.429 e. The number of hydrogen-bond acceptors (Lipinski definition) is 8. The van der Waals surface area contributed by atoms with E-state index < -0.39 is 24.3 Å². The SMILES string of the molecule is CCCc1ccc(-n2ccc(C)n2)c([C@@H](Oc2cc(N3CCC4(CC3)CC(C(=O)O)NC4CC)nc(N)n2)C(F)(F)F)c1. The lowest BCUT2D eigenvalue weighted by Gasteiger charge is -2.43. The second-order valence-corrected chi connectivity index (χ2v) is 11.6. The number of carbonyl (C=O) groups is 1. The van der Waals surface area contributed by atoms with E-state index in [4.69, 9.17) is 10.5 Å². The van der Waals surface area contributed by atoms with E-state index in [1.54, 1.807) is 31.3 Å². The molecule has 3 atom stereocenters. The van der Waals surface area contributed by atoms with Crippen molar-refractivity contribution in [2.24, 2.45) is 5.41 Å². The van der Waals surface area contributed by atoms with Gasteiger partial charge in [-0.25, -0.2) is 4.68 Å². The van der Waals surface area contributed by atoms with Crippen LogP contribution in [-0.4, -0.2) is 62.2 Å². The molecule has 4 heterocycles. The summed E-state index contributed by atoms with van der Waals surface area (Å²) >= 11 is 0. The summed E-state index contributed by atoms with van der Waals surface area (Å²) in [5, 5.41) is 17.2. The number of anilines is 2. The Morgan fingerprint density at radius 1 is 1.21 bits per heavy atom. The number of alkyl halides is 3. The second kappa shape index (κ2) is 12.0. The quantitative estimate of drug-likeness (QED) is 0.310. The number of hydrogen-bond donors (Lipinski definition) is 3. The van der Waals surface area contributed by atoms with Crippen molar-refractivity contribution in [1.29, 1.82) is 0 Å². The maximum atomic E-state index is 14.7. The molecule has 3 aromatic rings. The first-order chi connectivity index (χ1) is 20.4. The first kappa shape index (κ1) is 30.6. The maximum Gasteiger partial charge on any atom is 0.429 e. The van der Waals surface area contributed by atoms with E-state index >= 15 is 0 Å². The van der Waals surface area contributed by atoms with Crippen molar-refractivity contribution in [2.75, 3.05) is 23.7 Å². The Morgan fingerprint density at radius 3 is 2.56 bits per heavy atom. The van der Waals surface area contributed by atoms with Crippen LogP contribution in [0.1, 0.15) is 68.9 Å². The van der Waals surface area contributed by atoms with Crippen molar-refractivity contribution in [1.82, 2.24) is 25.1 Å². The van der Waals surface area contributed by atoms with Crippen LogP contribution >= 0.6 is 0 Å². The average Bonchev–Trinajstić information content (AvgIpc) is 3.55. The summed E-state index contributed by atoms with van der Waals surface area (Å²) in [5.41, 5.74) is 7.42. The Kier molecular flexibility index (Phi) is 8.55. The lowest BCUT2D eigenvalue weighted by molar-refractivity contribution is -0.198. The molecule has 1 aromatic carbocycles. The number of aliphatic carboxylic acids is 1. The molecule has 4 N–H and O–H groups in total. The fourth-order valence-electron chi connectivity index (χ4n) is 6.57. The van der Waals surface area contributed by atoms with E-state index in [0.29, 0.717) is 50.3 Å². The third-order valence-electron chi connectivity index (χ3n) is 8.67. The topological polar surface area (TPSA) is 131 Å². The number of aromatic nitrogens is 4. The Labute approximate surface area is 248 Å². The summed E-state index contributed by atoms with van der Waals surface area (Å²) in [4.78, 5) is 21.9. The van der Waals surface area contributed by atoms with E-state index in [1.165, 1.54) is 16.8 Å². The lowest BCUT2D eigenvalue weighted by atomic mass is 9.71. The fraction of sp³-hybridized carbons (Fsp3) is 0.533. The normalized spacial score (nSPS) is 20.8. The van der Waals surface area contributed by atoms with Crippen LogP contribution in [0.5, 0.6) is 5.88 Å². The first-order valence-electron chi connectivity index (χ1n) is 14.7. The van der Waals surface area contributed by atoms with Crippen LogP contribution < -0.4 is 20.7 Å². The highest BCUT2D eigenvalue weighted by Gasteiger charge is 2.50. The van der Waals surface area contributed by atoms with Crippen molar-refractivity contribution < 1.29 is 27.8 Å². The van der Waals surface area contributed by atoms with Gasteiger partial charge in [-0.1, -0.05) is 26.3 Å². The highest BCUT2D eigenvalue weighted by atomic mass is 19.4. The minimum atomic E-state index is -4.77. The summed E-state index contributed by atoms with van der Waals surface area (Å²) in [7, 11) is 0. The summed E-state index contributed by atoms with van der Waals surface area (Å²) in [6.45, 7) is 6.86. The Bertz CT molecular complexity index is 1450. The van der Waals surface area contributed by atoms with Gasteiger partial charge >= 0.3 is 12.1 Å². The predicted octanol–water partition coefficient (Wildman–Crippen LogP) is 5.00. The minimum Gasteiger partial charge on any atom is -0.480 e. The molecule has 43 heavy (non-hydrogen) atoms. The van der Waals surface area contributed by atoms with Crippen LogP contribution in [0.15, 0.2) is 36.5 Å². The Hall–Kier alpha value is -3.87. The number of aryl methyl sites for hydroxylation is 2. The number of piperidine rings is 1. The van der Waals surface area contributed by atoms with Gasteiger partial charge < -0.3 is 25.8 Å². The number of carboxylic acids is 1. The van der Waals surface area contributed by atoms with Gasteiger partial charge in [0.2, 0.25) is 17.9 Å². The first-order valence-corrected chi connectivity index (χ1v) is 14.7. The summed E-state index contributed by atoms with van der Waals surface area (Å²) < 4.78 is 51.2. The molecular formula is C30H38F3N7O3. The number of ether oxygens (including phenoxy) is 1. The Morgan fingerprint density at radius 2 is 1.95 bits per heavy atom. The van der Waals surface area contributed by atoms with Crippen LogP contribution in [0.4, 0.5) is 24.9 Å². The number of nitrogens with two attached hydrogens (primary N) is 1. The molecule has 0 saturated carbocycles. The number of halogens is 3. The van der Waals surface area contributed by atoms with Crippen LogP contribution in [0.25, 0.3) is 5.69 Å². The molecule has 13 heteroatoms. The number of carboxylic acid groups (broad SMARTS) is 1. The third-order valence-corrected chi connectivity index (χ3v) is 8.67. The molecule has 5 rings (SSSR count). The summed E-state index contributed by atoms with van der Waals surface area (Å²) in [6, 6.07) is 7.57. The van der Waals surface area contributed by atoms with Crippen molar-refractivity contribution in [3.05, 3.63) is 53.3 Å². The molecule has 0 bridgehead atoms. The van der Waals surface area contributed by atoms with Gasteiger partial charge in [0.25, 0.3) is 0 Å². The molecule has 2 aliphatic rings. The maximum absolute atomic E-state index is 14.7. The zero-order chi connectivity index (χ0) is 30.9. The molecule has 232 valence electrons. The van der Waals surface area contributed by atoms with Crippen molar-refractivity contribution in [2.45, 2.75) is 83.7 Å². The van der Waals surface area contributed by atoms with Gasteiger partial charge in [-0.2, -0.15) is 28.2 Å². The van der Waals surface area contributed by atoms with Crippen molar-refractivity contribution in [3.63, 3.8) is 0 Å². The molecule has 2 fully saturated rings. The monoisotopic (exact) mass is 601 g/mol. The van der Waals surface area contributed by atoms with Crippen molar-refractivity contribution in [3.8, 4) is 11.6 Å². The zero-order valence-electron chi connectivity index (χ0n) is 24.6. The molecule has 2 unspecified atom stereocenters. The minimum absolute atomic E-state index is 0.0764. The molecule has 0 amide bonds. The molecule has 1 spiro atoms. The van der Waals surface area contributed by atoms with Crippen LogP contribution in [0.3, 0.4) is 0 Å². The number of benzene rings is 1. The standard InChI is InChI=1S/C30H38F3N7O3/c1-4-6-19-7-8-22(40-12-9-18(3)38-40)20(15-19)26(30(31,32)33)43-25-16-24(36-28(34)37-25)39-13-10-29(11-14-39)17-21(27(41)42)35-23(29)5-2/h7-9,12,15-16,21,23,26,35H,4-6,10-11,13-14,17H2,1-3H3,(H,41,42)(H2,34,36,37)/t21?,23?,26-/m1/s1. The highest BCUT2D eigenvalue weighted by Crippen LogP contribution is 2.46. The lowest BCUT2D eigenvalue weighted by Crippen LogP contribution is -2.46. The van der Waals surface area contributed by atoms with Gasteiger partial charge in [0.15, 0.2) is 0 Å². The molecular weight excluding hydrogens is 563 g/mol. The zero-order valence-corrected chi connectivity index (χ0v) is 24.6. The fourth-order valence-corrected chi connectivity index (χ4v) is 6.57. The van der Waals surface area contributed by atoms with Crippen LogP contribution in [0.2, 0.25) is 0 Å². The summed E-state index contributed by atoms with van der Waals surface area (Å²) in [5.74, 6) is -0.965. The van der Waals surface area contributed by atoms with Crippen molar-refractivity contribution >= 4 is 17.7 Å². The van der Waals surface area contributed by atoms with E-state index in [9.17, 15) is 23.1 Å². The molecule has 0 aliphatic carbocycles. The van der Waals surface area contributed by atoms with E-state index in [2.05, 4.69) is 20.4 Å². The number of rotatable bonds is 9. The third kappa shape index (κ3) is 6.41.